The molecule has 1 aliphatic heterocycles. The van der Waals surface area contributed by atoms with Crippen LogP contribution in [0.5, 0.6) is 0 Å². The van der Waals surface area contributed by atoms with E-state index in [1.807, 2.05) is 4.90 Å². The lowest BCUT2D eigenvalue weighted by Gasteiger charge is -2.31. The van der Waals surface area contributed by atoms with Gasteiger partial charge in [0.2, 0.25) is 0 Å². The lowest BCUT2D eigenvalue weighted by atomic mass is 9.97. The summed E-state index contributed by atoms with van der Waals surface area (Å²) in [6, 6.07) is 5.26. The molecule has 18 heavy (non-hydrogen) atoms. The van der Waals surface area contributed by atoms with Crippen molar-refractivity contribution in [3.63, 3.8) is 0 Å². The molecule has 1 saturated heterocycles. The second kappa shape index (κ2) is 5.71. The topological polar surface area (TPSA) is 66.6 Å². The van der Waals surface area contributed by atoms with Crippen LogP contribution in [0.1, 0.15) is 23.2 Å². The molecule has 0 saturated carbocycles. The minimum absolute atomic E-state index is 0.00515. The van der Waals surface area contributed by atoms with Gasteiger partial charge >= 0.3 is 0 Å². The molecule has 0 aliphatic carbocycles. The van der Waals surface area contributed by atoms with Gasteiger partial charge in [0.1, 0.15) is 0 Å². The average Bonchev–Trinajstić information content (AvgIpc) is 2.41. The molecular formula is C13H17BrN2O2. The van der Waals surface area contributed by atoms with E-state index in [1.165, 1.54) is 0 Å². The third kappa shape index (κ3) is 2.84. The standard InChI is InChI=1S/C13H17BrN2O2/c14-12-2-1-10(15)7-11(12)13(18)16-5-3-9(8-17)4-6-16/h1-2,7,9,17H,3-6,8,15H2. The third-order valence-electron chi connectivity index (χ3n) is 3.38. The molecule has 1 aromatic rings. The summed E-state index contributed by atoms with van der Waals surface area (Å²) in [5.74, 6) is 0.337. The van der Waals surface area contributed by atoms with Gasteiger partial charge in [-0.15, -0.1) is 0 Å². The molecular weight excluding hydrogens is 296 g/mol. The van der Waals surface area contributed by atoms with Gasteiger partial charge in [0.05, 0.1) is 5.56 Å². The summed E-state index contributed by atoms with van der Waals surface area (Å²) in [6.45, 7) is 1.61. The maximum Gasteiger partial charge on any atom is 0.255 e. The van der Waals surface area contributed by atoms with Crippen molar-refractivity contribution in [2.75, 3.05) is 25.4 Å². The van der Waals surface area contributed by atoms with E-state index in [0.717, 1.165) is 17.3 Å². The van der Waals surface area contributed by atoms with Gasteiger partial charge in [-0.05, 0) is 52.9 Å². The van der Waals surface area contributed by atoms with E-state index in [4.69, 9.17) is 10.8 Å². The fraction of sp³-hybridized carbons (Fsp3) is 0.462. The van der Waals surface area contributed by atoms with Crippen LogP contribution in [0.2, 0.25) is 0 Å². The first-order valence-corrected chi connectivity index (χ1v) is 6.86. The number of carbonyl (C=O) groups is 1. The van der Waals surface area contributed by atoms with Gasteiger partial charge in [0.15, 0.2) is 0 Å². The highest BCUT2D eigenvalue weighted by atomic mass is 79.9. The van der Waals surface area contributed by atoms with Crippen LogP contribution in [0, 0.1) is 5.92 Å². The van der Waals surface area contributed by atoms with Crippen molar-refractivity contribution in [2.24, 2.45) is 5.92 Å². The summed E-state index contributed by atoms with van der Waals surface area (Å²) in [7, 11) is 0. The van der Waals surface area contributed by atoms with Crippen LogP contribution in [0.15, 0.2) is 22.7 Å². The van der Waals surface area contributed by atoms with Crippen LogP contribution in [0.3, 0.4) is 0 Å². The van der Waals surface area contributed by atoms with Gasteiger partial charge in [0.25, 0.3) is 5.91 Å². The Kier molecular flexibility index (Phi) is 4.24. The van der Waals surface area contributed by atoms with Gasteiger partial charge in [-0.2, -0.15) is 0 Å². The maximum absolute atomic E-state index is 12.3. The van der Waals surface area contributed by atoms with E-state index in [9.17, 15) is 4.79 Å². The highest BCUT2D eigenvalue weighted by Crippen LogP contribution is 2.24. The Bertz CT molecular complexity index is 443. The monoisotopic (exact) mass is 312 g/mol. The summed E-state index contributed by atoms with van der Waals surface area (Å²) < 4.78 is 0.769. The number of anilines is 1. The van der Waals surface area contributed by atoms with Crippen molar-refractivity contribution in [1.82, 2.24) is 4.90 Å². The molecule has 5 heteroatoms. The predicted octanol–water partition coefficient (Wildman–Crippen LogP) is 1.88. The lowest BCUT2D eigenvalue weighted by Crippen LogP contribution is -2.39. The third-order valence-corrected chi connectivity index (χ3v) is 4.07. The summed E-state index contributed by atoms with van der Waals surface area (Å²) in [6.07, 6.45) is 1.73. The Hall–Kier alpha value is -1.07. The number of aliphatic hydroxyl groups is 1. The Morgan fingerprint density at radius 2 is 2.11 bits per heavy atom. The first-order valence-electron chi connectivity index (χ1n) is 6.07. The zero-order chi connectivity index (χ0) is 13.1. The fourth-order valence-corrected chi connectivity index (χ4v) is 2.61. The number of hydrogen-bond acceptors (Lipinski definition) is 3. The minimum atomic E-state index is 0.00515. The van der Waals surface area contributed by atoms with E-state index < -0.39 is 0 Å². The molecule has 1 heterocycles. The fourth-order valence-electron chi connectivity index (χ4n) is 2.20. The van der Waals surface area contributed by atoms with Crippen molar-refractivity contribution < 1.29 is 9.90 Å². The second-order valence-electron chi connectivity index (χ2n) is 4.66. The number of nitrogens with zero attached hydrogens (tertiary/aromatic N) is 1. The molecule has 4 nitrogen and oxygen atoms in total. The second-order valence-corrected chi connectivity index (χ2v) is 5.51. The molecule has 0 unspecified atom stereocenters. The molecule has 0 aromatic heterocycles. The predicted molar refractivity (Wildman–Crippen MR) is 74.3 cm³/mol. The molecule has 1 aliphatic rings. The van der Waals surface area contributed by atoms with Crippen molar-refractivity contribution in [3.8, 4) is 0 Å². The maximum atomic E-state index is 12.3. The molecule has 0 radical (unpaired) electrons. The van der Waals surface area contributed by atoms with Crippen molar-refractivity contribution in [2.45, 2.75) is 12.8 Å². The highest BCUT2D eigenvalue weighted by molar-refractivity contribution is 9.10. The van der Waals surface area contributed by atoms with Crippen LogP contribution >= 0.6 is 15.9 Å². The number of piperidine rings is 1. The molecule has 0 spiro atoms. The van der Waals surface area contributed by atoms with Gasteiger partial charge in [-0.25, -0.2) is 0 Å². The summed E-state index contributed by atoms with van der Waals surface area (Å²) in [5.41, 5.74) is 6.91. The molecule has 1 fully saturated rings. The van der Waals surface area contributed by atoms with Crippen LogP contribution < -0.4 is 5.73 Å². The first kappa shape index (κ1) is 13.4. The summed E-state index contributed by atoms with van der Waals surface area (Å²) in [4.78, 5) is 14.2. The van der Waals surface area contributed by atoms with E-state index in [2.05, 4.69) is 15.9 Å². The van der Waals surface area contributed by atoms with Crippen LogP contribution in [0.4, 0.5) is 5.69 Å². The lowest BCUT2D eigenvalue weighted by molar-refractivity contribution is 0.0650. The van der Waals surface area contributed by atoms with Crippen molar-refractivity contribution in [3.05, 3.63) is 28.2 Å². The smallest absolute Gasteiger partial charge is 0.255 e. The van der Waals surface area contributed by atoms with Gasteiger partial charge in [-0.3, -0.25) is 4.79 Å². The Balaban J connectivity index is 2.10. The van der Waals surface area contributed by atoms with Gasteiger partial charge in [-0.1, -0.05) is 0 Å². The van der Waals surface area contributed by atoms with Crippen molar-refractivity contribution >= 4 is 27.5 Å². The zero-order valence-corrected chi connectivity index (χ0v) is 11.7. The summed E-state index contributed by atoms with van der Waals surface area (Å²) in [5, 5.41) is 9.09. The van der Waals surface area contributed by atoms with Crippen LogP contribution in [0.25, 0.3) is 0 Å². The SMILES string of the molecule is Nc1ccc(Br)c(C(=O)N2CCC(CO)CC2)c1. The number of nitrogens with two attached hydrogens (primary N) is 1. The number of halogens is 1. The number of rotatable bonds is 2. The Morgan fingerprint density at radius 3 is 2.72 bits per heavy atom. The number of nitrogen functional groups attached to an aromatic ring is 1. The molecule has 1 aromatic carbocycles. The van der Waals surface area contributed by atoms with E-state index in [0.29, 0.717) is 30.3 Å². The molecule has 3 N–H and O–H groups in total. The number of carbonyl (C=O) groups excluding carboxylic acids is 1. The highest BCUT2D eigenvalue weighted by Gasteiger charge is 2.24. The molecule has 2 rings (SSSR count). The zero-order valence-electron chi connectivity index (χ0n) is 10.1. The Morgan fingerprint density at radius 1 is 1.44 bits per heavy atom. The van der Waals surface area contributed by atoms with Gasteiger partial charge < -0.3 is 15.7 Å². The van der Waals surface area contributed by atoms with Gasteiger partial charge in [0, 0.05) is 29.9 Å². The van der Waals surface area contributed by atoms with Crippen LogP contribution in [-0.2, 0) is 0 Å². The Labute approximate surface area is 115 Å². The number of aliphatic hydroxyl groups excluding tert-OH is 1. The quantitative estimate of drug-likeness (QED) is 0.819. The number of hydrogen-bond donors (Lipinski definition) is 2. The number of amides is 1. The van der Waals surface area contributed by atoms with Crippen LogP contribution in [-0.4, -0.2) is 35.6 Å². The van der Waals surface area contributed by atoms with E-state index in [1.54, 1.807) is 18.2 Å². The molecule has 0 bridgehead atoms. The van der Waals surface area contributed by atoms with Crippen molar-refractivity contribution in [1.29, 1.82) is 0 Å². The molecule has 0 atom stereocenters. The minimum Gasteiger partial charge on any atom is -0.399 e. The van der Waals surface area contributed by atoms with E-state index in [-0.39, 0.29) is 12.5 Å². The normalized spacial score (nSPS) is 16.9. The molecule has 98 valence electrons. The summed E-state index contributed by atoms with van der Waals surface area (Å²) >= 11 is 3.38. The largest absolute Gasteiger partial charge is 0.399 e. The van der Waals surface area contributed by atoms with E-state index >= 15 is 0 Å². The first-order chi connectivity index (χ1) is 8.61. The average molecular weight is 313 g/mol. The molecule has 1 amide bonds. The number of likely N-dealkylation sites (tertiary alicyclic amines) is 1. The number of benzene rings is 1.